The zero-order valence-electron chi connectivity index (χ0n) is 8.93. The van der Waals surface area contributed by atoms with Crippen LogP contribution < -0.4 is 5.73 Å². The second-order valence-corrected chi connectivity index (χ2v) is 4.47. The predicted molar refractivity (Wildman–Crippen MR) is 68.6 cm³/mol. The summed E-state index contributed by atoms with van der Waals surface area (Å²) in [6, 6.07) is 5.22. The zero-order valence-corrected chi connectivity index (χ0v) is 10.5. The normalized spacial score (nSPS) is 10.2. The third-order valence-electron chi connectivity index (χ3n) is 2.23. The minimum absolute atomic E-state index is 0.108. The fraction of sp³-hybridized carbons (Fsp3) is 0.0833. The van der Waals surface area contributed by atoms with Gasteiger partial charge in [-0.05, 0) is 39.7 Å². The van der Waals surface area contributed by atoms with Gasteiger partial charge < -0.3 is 5.73 Å². The highest BCUT2D eigenvalue weighted by molar-refractivity contribution is 9.10. The SMILES string of the molecule is Nc1cccnc1C(=O)Cc1cncc(Br)c1. The van der Waals surface area contributed by atoms with Gasteiger partial charge in [-0.15, -0.1) is 0 Å². The van der Waals surface area contributed by atoms with E-state index in [0.717, 1.165) is 10.0 Å². The first-order valence-corrected chi connectivity index (χ1v) is 5.79. The van der Waals surface area contributed by atoms with Crippen LogP contribution in [0.3, 0.4) is 0 Å². The third-order valence-corrected chi connectivity index (χ3v) is 2.66. The third kappa shape index (κ3) is 2.88. The standard InChI is InChI=1S/C12H10BrN3O/c13-9-4-8(6-15-7-9)5-11(17)12-10(14)2-1-3-16-12/h1-4,6-7H,5,14H2. The van der Waals surface area contributed by atoms with Gasteiger partial charge in [-0.1, -0.05) is 0 Å². The summed E-state index contributed by atoms with van der Waals surface area (Å²) in [6.07, 6.45) is 5.13. The molecule has 0 aliphatic heterocycles. The first-order valence-electron chi connectivity index (χ1n) is 5.00. The van der Waals surface area contributed by atoms with Gasteiger partial charge in [0.2, 0.25) is 0 Å². The second-order valence-electron chi connectivity index (χ2n) is 3.55. The molecule has 2 N–H and O–H groups in total. The summed E-state index contributed by atoms with van der Waals surface area (Å²) in [4.78, 5) is 20.0. The zero-order chi connectivity index (χ0) is 12.3. The maximum atomic E-state index is 12.0. The van der Waals surface area contributed by atoms with E-state index in [4.69, 9.17) is 5.73 Å². The molecule has 0 amide bonds. The lowest BCUT2D eigenvalue weighted by Crippen LogP contribution is -2.09. The largest absolute Gasteiger partial charge is 0.397 e. The molecule has 5 heteroatoms. The summed E-state index contributed by atoms with van der Waals surface area (Å²) in [5, 5.41) is 0. The number of anilines is 1. The smallest absolute Gasteiger partial charge is 0.187 e. The van der Waals surface area contributed by atoms with Crippen molar-refractivity contribution in [3.05, 3.63) is 52.5 Å². The molecule has 86 valence electrons. The number of carbonyl (C=O) groups is 1. The van der Waals surface area contributed by atoms with Gasteiger partial charge in [-0.3, -0.25) is 14.8 Å². The molecule has 4 nitrogen and oxygen atoms in total. The monoisotopic (exact) mass is 291 g/mol. The Morgan fingerprint density at radius 1 is 1.41 bits per heavy atom. The van der Waals surface area contributed by atoms with E-state index in [2.05, 4.69) is 25.9 Å². The Hall–Kier alpha value is -1.75. The maximum absolute atomic E-state index is 12.0. The van der Waals surface area contributed by atoms with E-state index in [0.29, 0.717) is 11.4 Å². The van der Waals surface area contributed by atoms with Crippen molar-refractivity contribution in [3.63, 3.8) is 0 Å². The Balaban J connectivity index is 2.20. The molecule has 0 aliphatic rings. The molecule has 0 aromatic carbocycles. The molecule has 0 spiro atoms. The average Bonchev–Trinajstić information content (AvgIpc) is 2.29. The predicted octanol–water partition coefficient (Wildman–Crippen LogP) is 2.25. The Morgan fingerprint density at radius 3 is 2.94 bits per heavy atom. The van der Waals surface area contributed by atoms with Crippen molar-refractivity contribution in [3.8, 4) is 0 Å². The Bertz CT molecular complexity index is 557. The number of aromatic nitrogens is 2. The molecule has 0 bridgehead atoms. The van der Waals surface area contributed by atoms with Crippen molar-refractivity contribution in [1.29, 1.82) is 0 Å². The molecule has 0 unspecified atom stereocenters. The van der Waals surface area contributed by atoms with Crippen LogP contribution in [0.15, 0.2) is 41.3 Å². The number of Topliss-reactive ketones (excluding diaryl/α,β-unsaturated/α-hetero) is 1. The number of hydrogen-bond acceptors (Lipinski definition) is 4. The van der Waals surface area contributed by atoms with E-state index in [1.807, 2.05) is 6.07 Å². The molecule has 17 heavy (non-hydrogen) atoms. The molecule has 0 fully saturated rings. The van der Waals surface area contributed by atoms with Gasteiger partial charge in [0.05, 0.1) is 5.69 Å². The molecular weight excluding hydrogens is 282 g/mol. The minimum Gasteiger partial charge on any atom is -0.397 e. The van der Waals surface area contributed by atoms with Crippen LogP contribution in [0.5, 0.6) is 0 Å². The highest BCUT2D eigenvalue weighted by atomic mass is 79.9. The van der Waals surface area contributed by atoms with Crippen molar-refractivity contribution in [2.45, 2.75) is 6.42 Å². The number of pyridine rings is 2. The topological polar surface area (TPSA) is 68.9 Å². The fourth-order valence-corrected chi connectivity index (χ4v) is 1.88. The Labute approximate surface area is 107 Å². The molecule has 0 saturated carbocycles. The summed E-state index contributed by atoms with van der Waals surface area (Å²) in [5.41, 5.74) is 7.24. The lowest BCUT2D eigenvalue weighted by molar-refractivity contribution is 0.0989. The van der Waals surface area contributed by atoms with Crippen molar-refractivity contribution in [2.75, 3.05) is 5.73 Å². The first-order chi connectivity index (χ1) is 8.16. The number of carbonyl (C=O) groups excluding carboxylic acids is 1. The molecule has 2 heterocycles. The van der Waals surface area contributed by atoms with Gasteiger partial charge in [0.15, 0.2) is 5.78 Å². The van der Waals surface area contributed by atoms with E-state index >= 15 is 0 Å². The fourth-order valence-electron chi connectivity index (χ4n) is 1.47. The van der Waals surface area contributed by atoms with Crippen LogP contribution in [0, 0.1) is 0 Å². The van der Waals surface area contributed by atoms with Gasteiger partial charge in [-0.25, -0.2) is 0 Å². The molecule has 0 aliphatic carbocycles. The molecule has 0 radical (unpaired) electrons. The van der Waals surface area contributed by atoms with Crippen LogP contribution in [0.4, 0.5) is 5.69 Å². The second kappa shape index (κ2) is 5.05. The number of halogens is 1. The first kappa shape index (κ1) is 11.7. The number of rotatable bonds is 3. The Morgan fingerprint density at radius 2 is 2.24 bits per heavy atom. The molecule has 0 saturated heterocycles. The number of nitrogens with zero attached hydrogens (tertiary/aromatic N) is 2. The Kier molecular flexibility index (Phi) is 3.49. The summed E-state index contributed by atoms with van der Waals surface area (Å²) in [5.74, 6) is -0.108. The average molecular weight is 292 g/mol. The van der Waals surface area contributed by atoms with Gasteiger partial charge in [0.25, 0.3) is 0 Å². The lowest BCUT2D eigenvalue weighted by atomic mass is 10.1. The summed E-state index contributed by atoms with van der Waals surface area (Å²) < 4.78 is 0.844. The molecular formula is C12H10BrN3O. The van der Waals surface area contributed by atoms with Crippen LogP contribution >= 0.6 is 15.9 Å². The maximum Gasteiger partial charge on any atom is 0.187 e. The van der Waals surface area contributed by atoms with Crippen LogP contribution in [0.1, 0.15) is 16.1 Å². The van der Waals surface area contributed by atoms with Crippen LogP contribution in [-0.4, -0.2) is 15.8 Å². The van der Waals surface area contributed by atoms with E-state index in [9.17, 15) is 4.79 Å². The van der Waals surface area contributed by atoms with Crippen molar-refractivity contribution in [1.82, 2.24) is 9.97 Å². The molecule has 0 atom stereocenters. The molecule has 2 rings (SSSR count). The summed E-state index contributed by atoms with van der Waals surface area (Å²) in [7, 11) is 0. The number of nitrogens with two attached hydrogens (primary N) is 1. The van der Waals surface area contributed by atoms with E-state index in [1.54, 1.807) is 30.7 Å². The highest BCUT2D eigenvalue weighted by Gasteiger charge is 2.11. The summed E-state index contributed by atoms with van der Waals surface area (Å²) >= 11 is 3.31. The molecule has 2 aromatic rings. The number of hydrogen-bond donors (Lipinski definition) is 1. The van der Waals surface area contributed by atoms with Gasteiger partial charge in [-0.2, -0.15) is 0 Å². The van der Waals surface area contributed by atoms with E-state index < -0.39 is 0 Å². The van der Waals surface area contributed by atoms with E-state index in [1.165, 1.54) is 0 Å². The molecule has 2 aromatic heterocycles. The van der Waals surface area contributed by atoms with E-state index in [-0.39, 0.29) is 12.2 Å². The van der Waals surface area contributed by atoms with Gasteiger partial charge >= 0.3 is 0 Å². The van der Waals surface area contributed by atoms with Crippen molar-refractivity contribution >= 4 is 27.4 Å². The highest BCUT2D eigenvalue weighted by Crippen LogP contribution is 2.14. The van der Waals surface area contributed by atoms with Crippen LogP contribution in [-0.2, 0) is 6.42 Å². The van der Waals surface area contributed by atoms with Crippen LogP contribution in [0.2, 0.25) is 0 Å². The lowest BCUT2D eigenvalue weighted by Gasteiger charge is -2.03. The summed E-state index contributed by atoms with van der Waals surface area (Å²) in [6.45, 7) is 0. The van der Waals surface area contributed by atoms with Gasteiger partial charge in [0, 0.05) is 29.5 Å². The minimum atomic E-state index is -0.108. The van der Waals surface area contributed by atoms with Crippen LogP contribution in [0.25, 0.3) is 0 Å². The van der Waals surface area contributed by atoms with Gasteiger partial charge in [0.1, 0.15) is 5.69 Å². The quantitative estimate of drug-likeness (QED) is 0.881. The number of ketones is 1. The number of nitrogen functional groups attached to an aromatic ring is 1. The van der Waals surface area contributed by atoms with Crippen molar-refractivity contribution < 1.29 is 4.79 Å². The van der Waals surface area contributed by atoms with Crippen molar-refractivity contribution in [2.24, 2.45) is 0 Å².